The van der Waals surface area contributed by atoms with Crippen molar-refractivity contribution in [2.24, 2.45) is 0 Å². The summed E-state index contributed by atoms with van der Waals surface area (Å²) in [6, 6.07) is 15.8. The topological polar surface area (TPSA) is 102 Å². The van der Waals surface area contributed by atoms with Gasteiger partial charge in [-0.1, -0.05) is 41.9 Å². The van der Waals surface area contributed by atoms with Crippen molar-refractivity contribution in [3.63, 3.8) is 0 Å². The second-order valence-electron chi connectivity index (χ2n) is 8.02. The minimum atomic E-state index is -0.531. The van der Waals surface area contributed by atoms with Crippen molar-refractivity contribution in [2.45, 2.75) is 26.3 Å². The fourth-order valence-corrected chi connectivity index (χ4v) is 4.61. The molecule has 0 saturated carbocycles. The number of aryl methyl sites for hydroxylation is 2. The van der Waals surface area contributed by atoms with Gasteiger partial charge in [-0.25, -0.2) is 0 Å². The number of aromatic nitrogens is 5. The van der Waals surface area contributed by atoms with Gasteiger partial charge in [0.2, 0.25) is 0 Å². The summed E-state index contributed by atoms with van der Waals surface area (Å²) in [4.78, 5) is 25.6. The molecule has 5 rings (SSSR count). The average Bonchev–Trinajstić information content (AvgIpc) is 3.42. The van der Waals surface area contributed by atoms with Crippen molar-refractivity contribution < 1.29 is 0 Å². The molecule has 32 heavy (non-hydrogen) atoms. The van der Waals surface area contributed by atoms with E-state index >= 15 is 0 Å². The summed E-state index contributed by atoms with van der Waals surface area (Å²) < 4.78 is 2.15. The molecule has 0 aliphatic carbocycles. The largest absolute Gasteiger partial charge is 0.343 e. The van der Waals surface area contributed by atoms with Gasteiger partial charge < -0.3 is 14.8 Å². The molecule has 0 fully saturated rings. The van der Waals surface area contributed by atoms with Crippen molar-refractivity contribution >= 4 is 22.5 Å². The zero-order chi connectivity index (χ0) is 22.4. The van der Waals surface area contributed by atoms with Crippen molar-refractivity contribution in [3.8, 4) is 0 Å². The van der Waals surface area contributed by atoms with Gasteiger partial charge in [0.25, 0.3) is 11.1 Å². The lowest BCUT2D eigenvalue weighted by Crippen LogP contribution is -2.20. The molecule has 162 valence electrons. The van der Waals surface area contributed by atoms with Gasteiger partial charge in [-0.3, -0.25) is 19.8 Å². The van der Waals surface area contributed by atoms with Crippen molar-refractivity contribution in [3.05, 3.63) is 114 Å². The molecule has 7 nitrogen and oxygen atoms in total. The summed E-state index contributed by atoms with van der Waals surface area (Å²) in [6.45, 7) is 4.31. The fraction of sp³-hybridized carbons (Fsp3) is 0.167. The summed E-state index contributed by atoms with van der Waals surface area (Å²) in [5, 5.41) is 12.8. The Labute approximate surface area is 188 Å². The van der Waals surface area contributed by atoms with E-state index in [9.17, 15) is 9.59 Å². The highest BCUT2D eigenvalue weighted by molar-refractivity contribution is 6.30. The highest BCUT2D eigenvalue weighted by Crippen LogP contribution is 2.36. The van der Waals surface area contributed by atoms with E-state index in [0.717, 1.165) is 22.0 Å². The molecular weight excluding hydrogens is 426 g/mol. The Hall–Kier alpha value is -3.71. The van der Waals surface area contributed by atoms with Gasteiger partial charge in [-0.05, 0) is 43.2 Å². The van der Waals surface area contributed by atoms with Gasteiger partial charge in [-0.2, -0.15) is 0 Å². The van der Waals surface area contributed by atoms with Crippen LogP contribution in [0.25, 0.3) is 10.9 Å². The molecule has 3 aromatic heterocycles. The summed E-state index contributed by atoms with van der Waals surface area (Å²) >= 11 is 6.05. The molecule has 0 aliphatic heterocycles. The number of H-pyrrole nitrogens is 4. The van der Waals surface area contributed by atoms with Gasteiger partial charge in [0, 0.05) is 40.1 Å². The molecule has 0 atom stereocenters. The Morgan fingerprint density at radius 1 is 0.844 bits per heavy atom. The molecule has 0 bridgehead atoms. The fourth-order valence-electron chi connectivity index (χ4n) is 4.48. The quantitative estimate of drug-likeness (QED) is 0.325. The highest BCUT2D eigenvalue weighted by atomic mass is 35.5. The second-order valence-corrected chi connectivity index (χ2v) is 8.46. The molecule has 8 heteroatoms. The van der Waals surface area contributed by atoms with Gasteiger partial charge in [0.1, 0.15) is 0 Å². The van der Waals surface area contributed by atoms with Crippen molar-refractivity contribution in [1.82, 2.24) is 25.0 Å². The van der Waals surface area contributed by atoms with E-state index < -0.39 is 5.92 Å². The van der Waals surface area contributed by atoms with Crippen LogP contribution in [0.5, 0.6) is 0 Å². The summed E-state index contributed by atoms with van der Waals surface area (Å²) in [7, 11) is 0. The Morgan fingerprint density at radius 3 is 2.00 bits per heavy atom. The Bertz CT molecular complexity index is 1480. The minimum absolute atomic E-state index is 0.234. The highest BCUT2D eigenvalue weighted by Gasteiger charge is 2.30. The predicted octanol–water partition coefficient (Wildman–Crippen LogP) is 4.17. The van der Waals surface area contributed by atoms with Crippen LogP contribution in [0.3, 0.4) is 0 Å². The lowest BCUT2D eigenvalue weighted by atomic mass is 9.85. The standard InChI is InChI=1S/C24H22ClN5O2/c1-13-20(23(31)28-26-13)22(21-14(2)27-29-24(21)32)18-12-30(19-6-4-3-5-17(18)19)11-15-7-9-16(25)10-8-15/h3-10,12,22H,11H2,1-2H3,(H2,26,28,31)(H2,27,29,32). The van der Waals surface area contributed by atoms with E-state index in [4.69, 9.17) is 11.6 Å². The molecule has 4 N–H and O–H groups in total. The Balaban J connectivity index is 1.76. The number of fused-ring (bicyclic) bond motifs is 1. The maximum absolute atomic E-state index is 12.8. The molecular formula is C24H22ClN5O2. The number of nitrogens with zero attached hydrogens (tertiary/aromatic N) is 1. The SMILES string of the molecule is Cc1[nH][nH]c(=O)c1C(c1c(C)[nH][nH]c1=O)c1cn(Cc2ccc(Cl)cc2)c2ccccc12. The summed E-state index contributed by atoms with van der Waals surface area (Å²) in [6.07, 6.45) is 2.04. The number of para-hydroxylation sites is 1. The van der Waals surface area contributed by atoms with E-state index in [1.807, 2.05) is 68.6 Å². The molecule has 5 aromatic rings. The third-order valence-electron chi connectivity index (χ3n) is 6.00. The molecule has 0 amide bonds. The third-order valence-corrected chi connectivity index (χ3v) is 6.25. The lowest BCUT2D eigenvalue weighted by molar-refractivity contribution is 0.823. The number of rotatable bonds is 5. The minimum Gasteiger partial charge on any atom is -0.343 e. The van der Waals surface area contributed by atoms with Gasteiger partial charge >= 0.3 is 0 Å². The summed E-state index contributed by atoms with van der Waals surface area (Å²) in [5.41, 5.74) is 5.03. The molecule has 0 unspecified atom stereocenters. The first-order valence-electron chi connectivity index (χ1n) is 10.3. The van der Waals surface area contributed by atoms with E-state index in [1.54, 1.807) is 0 Å². The number of aromatic amines is 4. The first-order valence-corrected chi connectivity index (χ1v) is 10.7. The van der Waals surface area contributed by atoms with Crippen LogP contribution in [0.2, 0.25) is 5.02 Å². The van der Waals surface area contributed by atoms with E-state index in [-0.39, 0.29) is 11.1 Å². The third kappa shape index (κ3) is 3.31. The predicted molar refractivity (Wildman–Crippen MR) is 126 cm³/mol. The van der Waals surface area contributed by atoms with Crippen LogP contribution in [-0.4, -0.2) is 25.0 Å². The molecule has 2 aromatic carbocycles. The lowest BCUT2D eigenvalue weighted by Gasteiger charge is -2.15. The van der Waals surface area contributed by atoms with E-state index in [2.05, 4.69) is 25.0 Å². The van der Waals surface area contributed by atoms with Crippen LogP contribution in [0.1, 0.15) is 39.6 Å². The smallest absolute Gasteiger partial charge is 0.268 e. The van der Waals surface area contributed by atoms with E-state index in [1.165, 1.54) is 0 Å². The van der Waals surface area contributed by atoms with Gasteiger partial charge in [0.05, 0.1) is 17.0 Å². The van der Waals surface area contributed by atoms with Crippen LogP contribution in [-0.2, 0) is 6.54 Å². The maximum atomic E-state index is 12.8. The molecule has 0 saturated heterocycles. The van der Waals surface area contributed by atoms with Crippen LogP contribution in [0, 0.1) is 13.8 Å². The molecule has 3 heterocycles. The van der Waals surface area contributed by atoms with Crippen LogP contribution >= 0.6 is 11.6 Å². The second kappa shape index (κ2) is 7.76. The maximum Gasteiger partial charge on any atom is 0.268 e. The van der Waals surface area contributed by atoms with Gasteiger partial charge in [0.15, 0.2) is 0 Å². The normalized spacial score (nSPS) is 11.6. The van der Waals surface area contributed by atoms with Crippen LogP contribution < -0.4 is 11.1 Å². The van der Waals surface area contributed by atoms with Crippen LogP contribution in [0.4, 0.5) is 0 Å². The first-order chi connectivity index (χ1) is 15.4. The molecule has 0 spiro atoms. The Morgan fingerprint density at radius 2 is 1.44 bits per heavy atom. The first kappa shape index (κ1) is 20.2. The number of nitrogens with one attached hydrogen (secondary N) is 4. The number of hydrogen-bond donors (Lipinski definition) is 4. The van der Waals surface area contributed by atoms with E-state index in [0.29, 0.717) is 34.1 Å². The average molecular weight is 448 g/mol. The van der Waals surface area contributed by atoms with Crippen molar-refractivity contribution in [1.29, 1.82) is 0 Å². The number of hydrogen-bond acceptors (Lipinski definition) is 2. The molecule has 0 radical (unpaired) electrons. The zero-order valence-corrected chi connectivity index (χ0v) is 18.4. The number of benzene rings is 2. The molecule has 0 aliphatic rings. The Kier molecular flexibility index (Phi) is 4.90. The summed E-state index contributed by atoms with van der Waals surface area (Å²) in [5.74, 6) is -0.531. The van der Waals surface area contributed by atoms with Gasteiger partial charge in [-0.15, -0.1) is 0 Å². The monoisotopic (exact) mass is 447 g/mol. The van der Waals surface area contributed by atoms with Crippen LogP contribution in [0.15, 0.2) is 64.3 Å². The number of halogens is 1. The zero-order valence-electron chi connectivity index (χ0n) is 17.6. The van der Waals surface area contributed by atoms with Crippen molar-refractivity contribution in [2.75, 3.05) is 0 Å².